The third kappa shape index (κ3) is 6.23. The molecular weight excluding hydrogens is 410 g/mol. The lowest BCUT2D eigenvalue weighted by atomic mass is 10.2. The van der Waals surface area contributed by atoms with Crippen LogP contribution in [0.15, 0.2) is 78.9 Å². The standard InChI is InChI=1S/C25H26ClN3O2/c26-21-6-10-23(11-7-21)29-16-14-28(15-17-29)18-25(30)27-22-8-12-24(13-9-22)31-19-20-4-2-1-3-5-20/h1-13H,14-19H2,(H,27,30)/p+1. The van der Waals surface area contributed by atoms with Crippen LogP contribution in [0.4, 0.5) is 11.4 Å². The Morgan fingerprint density at radius 3 is 2.29 bits per heavy atom. The van der Waals surface area contributed by atoms with Crippen LogP contribution in [0.2, 0.25) is 5.02 Å². The van der Waals surface area contributed by atoms with Crippen molar-refractivity contribution in [3.63, 3.8) is 0 Å². The minimum Gasteiger partial charge on any atom is -0.489 e. The number of amides is 1. The minimum absolute atomic E-state index is 0.0351. The van der Waals surface area contributed by atoms with Crippen LogP contribution in [0.1, 0.15) is 5.56 Å². The van der Waals surface area contributed by atoms with Crippen LogP contribution in [0.5, 0.6) is 5.75 Å². The summed E-state index contributed by atoms with van der Waals surface area (Å²) in [5.74, 6) is 0.818. The summed E-state index contributed by atoms with van der Waals surface area (Å²) in [6.45, 7) is 4.72. The number of hydrogen-bond acceptors (Lipinski definition) is 3. The summed E-state index contributed by atoms with van der Waals surface area (Å²) < 4.78 is 5.80. The molecule has 0 atom stereocenters. The predicted molar refractivity (Wildman–Crippen MR) is 125 cm³/mol. The van der Waals surface area contributed by atoms with Crippen molar-refractivity contribution in [2.75, 3.05) is 42.9 Å². The number of piperazine rings is 1. The van der Waals surface area contributed by atoms with E-state index >= 15 is 0 Å². The van der Waals surface area contributed by atoms with E-state index in [9.17, 15) is 4.79 Å². The summed E-state index contributed by atoms with van der Waals surface area (Å²) in [5.41, 5.74) is 3.10. The minimum atomic E-state index is 0.0351. The average Bonchev–Trinajstić information content (AvgIpc) is 2.80. The van der Waals surface area contributed by atoms with Gasteiger partial charge in [-0.1, -0.05) is 41.9 Å². The molecule has 0 saturated carbocycles. The van der Waals surface area contributed by atoms with Gasteiger partial charge in [0.2, 0.25) is 0 Å². The maximum absolute atomic E-state index is 12.5. The zero-order chi connectivity index (χ0) is 21.5. The van der Waals surface area contributed by atoms with Gasteiger partial charge in [-0.05, 0) is 54.1 Å². The Morgan fingerprint density at radius 2 is 1.61 bits per heavy atom. The Hall–Kier alpha value is -3.02. The molecule has 0 spiro atoms. The van der Waals surface area contributed by atoms with Crippen molar-refractivity contribution in [2.45, 2.75) is 6.61 Å². The Balaban J connectivity index is 1.20. The molecule has 0 aromatic heterocycles. The number of hydrogen-bond donors (Lipinski definition) is 2. The third-order valence-electron chi connectivity index (χ3n) is 5.46. The molecule has 4 rings (SSSR count). The predicted octanol–water partition coefficient (Wildman–Crippen LogP) is 3.26. The Kier molecular flexibility index (Phi) is 7.07. The first-order valence-corrected chi connectivity index (χ1v) is 10.9. The van der Waals surface area contributed by atoms with E-state index in [4.69, 9.17) is 16.3 Å². The molecule has 1 aliphatic rings. The molecule has 31 heavy (non-hydrogen) atoms. The molecule has 1 aliphatic heterocycles. The molecule has 3 aromatic rings. The Bertz CT molecular complexity index is 970. The van der Waals surface area contributed by atoms with Crippen molar-refractivity contribution >= 4 is 28.9 Å². The molecule has 1 fully saturated rings. The zero-order valence-corrected chi connectivity index (χ0v) is 18.1. The topological polar surface area (TPSA) is 46.0 Å². The molecule has 1 heterocycles. The SMILES string of the molecule is O=C(C[NH+]1CCN(c2ccc(Cl)cc2)CC1)Nc1ccc(OCc2ccccc2)cc1. The third-order valence-corrected chi connectivity index (χ3v) is 5.71. The fourth-order valence-electron chi connectivity index (χ4n) is 3.72. The Morgan fingerprint density at radius 1 is 0.935 bits per heavy atom. The van der Waals surface area contributed by atoms with Crippen LogP contribution < -0.4 is 19.9 Å². The fraction of sp³-hybridized carbons (Fsp3) is 0.240. The van der Waals surface area contributed by atoms with E-state index in [1.54, 1.807) is 0 Å². The molecule has 0 aliphatic carbocycles. The van der Waals surface area contributed by atoms with Crippen molar-refractivity contribution in [2.24, 2.45) is 0 Å². The highest BCUT2D eigenvalue weighted by molar-refractivity contribution is 6.30. The van der Waals surface area contributed by atoms with E-state index in [0.717, 1.165) is 48.2 Å². The second-order valence-corrected chi connectivity index (χ2v) is 8.17. The molecule has 5 nitrogen and oxygen atoms in total. The lowest BCUT2D eigenvalue weighted by Crippen LogP contribution is -3.15. The number of anilines is 2. The van der Waals surface area contributed by atoms with Crippen LogP contribution >= 0.6 is 11.6 Å². The molecule has 160 valence electrons. The number of halogens is 1. The first-order chi connectivity index (χ1) is 15.2. The number of carbonyl (C=O) groups excluding carboxylic acids is 1. The average molecular weight is 437 g/mol. The van der Waals surface area contributed by atoms with Crippen molar-refractivity contribution in [1.82, 2.24) is 0 Å². The summed E-state index contributed by atoms with van der Waals surface area (Å²) in [7, 11) is 0. The highest BCUT2D eigenvalue weighted by Gasteiger charge is 2.22. The van der Waals surface area contributed by atoms with Crippen LogP contribution in [0, 0.1) is 0 Å². The molecule has 2 N–H and O–H groups in total. The molecule has 3 aromatic carbocycles. The van der Waals surface area contributed by atoms with Gasteiger partial charge in [-0.2, -0.15) is 0 Å². The smallest absolute Gasteiger partial charge is 0.279 e. The van der Waals surface area contributed by atoms with E-state index in [1.165, 1.54) is 10.6 Å². The number of nitrogens with zero attached hydrogens (tertiary/aromatic N) is 1. The summed E-state index contributed by atoms with van der Waals surface area (Å²) >= 11 is 5.97. The van der Waals surface area contributed by atoms with E-state index in [0.29, 0.717) is 13.2 Å². The van der Waals surface area contributed by atoms with Crippen LogP contribution in [0.3, 0.4) is 0 Å². The maximum Gasteiger partial charge on any atom is 0.279 e. The van der Waals surface area contributed by atoms with Gasteiger partial charge < -0.3 is 19.9 Å². The number of carbonyl (C=O) groups is 1. The second-order valence-electron chi connectivity index (χ2n) is 7.74. The molecule has 0 radical (unpaired) electrons. The normalized spacial score (nSPS) is 14.3. The van der Waals surface area contributed by atoms with Gasteiger partial charge in [0.05, 0.1) is 26.2 Å². The van der Waals surface area contributed by atoms with E-state index in [1.807, 2.05) is 78.9 Å². The van der Waals surface area contributed by atoms with Gasteiger partial charge >= 0.3 is 0 Å². The van der Waals surface area contributed by atoms with Crippen molar-refractivity contribution in [3.8, 4) is 5.75 Å². The number of rotatable bonds is 7. The van der Waals surface area contributed by atoms with E-state index in [2.05, 4.69) is 10.2 Å². The van der Waals surface area contributed by atoms with E-state index in [-0.39, 0.29) is 5.91 Å². The van der Waals surface area contributed by atoms with Crippen molar-refractivity contribution in [1.29, 1.82) is 0 Å². The summed E-state index contributed by atoms with van der Waals surface area (Å²) in [5, 5.41) is 3.75. The first kappa shape index (κ1) is 21.2. The fourth-order valence-corrected chi connectivity index (χ4v) is 3.84. The van der Waals surface area contributed by atoms with E-state index < -0.39 is 0 Å². The summed E-state index contributed by atoms with van der Waals surface area (Å²) in [6, 6.07) is 25.5. The van der Waals surface area contributed by atoms with Crippen LogP contribution in [0.25, 0.3) is 0 Å². The van der Waals surface area contributed by atoms with Gasteiger partial charge in [-0.15, -0.1) is 0 Å². The number of nitrogens with one attached hydrogen (secondary N) is 2. The van der Waals surface area contributed by atoms with Gasteiger partial charge in [0.1, 0.15) is 12.4 Å². The van der Waals surface area contributed by atoms with Gasteiger partial charge in [0.25, 0.3) is 5.91 Å². The second kappa shape index (κ2) is 10.3. The van der Waals surface area contributed by atoms with Crippen LogP contribution in [-0.4, -0.2) is 38.6 Å². The van der Waals surface area contributed by atoms with Crippen molar-refractivity contribution in [3.05, 3.63) is 89.4 Å². The largest absolute Gasteiger partial charge is 0.489 e. The van der Waals surface area contributed by atoms with Gasteiger partial charge in [0.15, 0.2) is 6.54 Å². The van der Waals surface area contributed by atoms with Gasteiger partial charge in [-0.25, -0.2) is 0 Å². The number of quaternary nitrogens is 1. The number of ether oxygens (including phenoxy) is 1. The monoisotopic (exact) mass is 436 g/mol. The summed E-state index contributed by atoms with van der Waals surface area (Å²) in [4.78, 5) is 16.1. The van der Waals surface area contributed by atoms with Crippen molar-refractivity contribution < 1.29 is 14.4 Å². The molecule has 0 unspecified atom stereocenters. The quantitative estimate of drug-likeness (QED) is 0.597. The lowest BCUT2D eigenvalue weighted by Gasteiger charge is -2.33. The molecular formula is C25H27ClN3O2+. The highest BCUT2D eigenvalue weighted by Crippen LogP contribution is 2.18. The molecule has 0 bridgehead atoms. The molecule has 1 saturated heterocycles. The molecule has 1 amide bonds. The van der Waals surface area contributed by atoms with Gasteiger partial charge in [-0.3, -0.25) is 4.79 Å². The van der Waals surface area contributed by atoms with Gasteiger partial charge in [0, 0.05) is 16.4 Å². The zero-order valence-electron chi connectivity index (χ0n) is 17.4. The summed E-state index contributed by atoms with van der Waals surface area (Å²) in [6.07, 6.45) is 0. The highest BCUT2D eigenvalue weighted by atomic mass is 35.5. The molecule has 6 heteroatoms. The maximum atomic E-state index is 12.5. The number of benzene rings is 3. The Labute approximate surface area is 188 Å². The van der Waals surface area contributed by atoms with Crippen LogP contribution in [-0.2, 0) is 11.4 Å². The lowest BCUT2D eigenvalue weighted by molar-refractivity contribution is -0.892. The first-order valence-electron chi connectivity index (χ1n) is 10.6.